The lowest BCUT2D eigenvalue weighted by Crippen LogP contribution is -2.66. The summed E-state index contributed by atoms with van der Waals surface area (Å²) in [6.07, 6.45) is 2.71. The van der Waals surface area contributed by atoms with Crippen LogP contribution < -0.4 is 19.5 Å². The number of aromatic nitrogens is 1. The molecular weight excluding hydrogens is 812 g/mol. The van der Waals surface area contributed by atoms with Gasteiger partial charge in [0.25, 0.3) is 11.8 Å². The molecule has 2 aliphatic carbocycles. The van der Waals surface area contributed by atoms with Crippen molar-refractivity contribution < 1.29 is 51.0 Å². The fourth-order valence-electron chi connectivity index (χ4n) is 8.30. The number of carbonyl (C=O) groups excluding carboxylic acids is 3. The van der Waals surface area contributed by atoms with Gasteiger partial charge in [-0.2, -0.15) is 4.98 Å². The van der Waals surface area contributed by atoms with E-state index >= 15 is 13.6 Å². The first-order chi connectivity index (χ1) is 27.5. The molecule has 1 aromatic carbocycles. The molecule has 1 aromatic heterocycles. The van der Waals surface area contributed by atoms with Crippen LogP contribution in [0.15, 0.2) is 36.4 Å². The summed E-state index contributed by atoms with van der Waals surface area (Å²) in [5.41, 5.74) is -4.05. The molecule has 6 rings (SSSR count). The Morgan fingerprint density at radius 3 is 2.44 bits per heavy atom. The van der Waals surface area contributed by atoms with Gasteiger partial charge in [0.15, 0.2) is 0 Å². The van der Waals surface area contributed by atoms with Crippen molar-refractivity contribution in [1.82, 2.24) is 24.8 Å². The maximum absolute atomic E-state index is 15.4. The highest BCUT2D eigenvalue weighted by atomic mass is 35.5. The second-order valence-corrected chi connectivity index (χ2v) is 19.9. The van der Waals surface area contributed by atoms with Crippen LogP contribution in [0.5, 0.6) is 11.8 Å². The number of sulfonamides is 1. The molecule has 2 saturated carbocycles. The van der Waals surface area contributed by atoms with Crippen LogP contribution in [-0.4, -0.2) is 105 Å². The van der Waals surface area contributed by atoms with Crippen molar-refractivity contribution in [1.29, 1.82) is 0 Å². The number of amides is 4. The third-order valence-corrected chi connectivity index (χ3v) is 14.3. The molecule has 1 saturated heterocycles. The topological polar surface area (TPSA) is 185 Å². The number of allylic oxidation sites excluding steroid dienone is 1. The third-order valence-electron chi connectivity index (χ3n) is 12.1. The number of nitrogens with one attached hydrogen (secondary N) is 2. The van der Waals surface area contributed by atoms with Gasteiger partial charge < -0.3 is 24.8 Å². The Balaban J connectivity index is 1.44. The summed E-state index contributed by atoms with van der Waals surface area (Å²) < 4.78 is 71.2. The highest BCUT2D eigenvalue weighted by Gasteiger charge is 2.62. The fraction of sp³-hybridized carbons (Fsp3) is 0.634. The molecule has 4 aliphatic rings. The molecule has 2 aliphatic heterocycles. The summed E-state index contributed by atoms with van der Waals surface area (Å²) in [5.74, 6) is -7.44. The molecule has 324 valence electrons. The van der Waals surface area contributed by atoms with E-state index in [0.29, 0.717) is 53.3 Å². The monoisotopic (exact) mass is 865 g/mol. The fourth-order valence-corrected chi connectivity index (χ4v) is 9.89. The Labute approximate surface area is 348 Å². The molecule has 0 bridgehead atoms. The van der Waals surface area contributed by atoms with E-state index in [0.717, 1.165) is 18.7 Å². The van der Waals surface area contributed by atoms with Crippen molar-refractivity contribution in [3.8, 4) is 11.8 Å². The SMILES string of the molecule is CC(C)Oc1cc2c(Cl)cccc2c(O[C@@H]2C[C@H]3C(=O)N[C@]4(C(=O)NS(=O)(=O)C5CC5)C[C@H]4C=CCC[C@@H](C)C[C@@H](C)[C@H](N(C(=O)O)C(C)(C)C(C)(F)F)C(=O)N3C2)n1. The zero-order valence-electron chi connectivity index (χ0n) is 34.3. The van der Waals surface area contributed by atoms with Crippen molar-refractivity contribution in [3.05, 3.63) is 41.4 Å². The van der Waals surface area contributed by atoms with Gasteiger partial charge in [0.1, 0.15) is 29.3 Å². The van der Waals surface area contributed by atoms with E-state index in [4.69, 9.17) is 21.1 Å². The van der Waals surface area contributed by atoms with Crippen LogP contribution in [0, 0.1) is 17.8 Å². The summed E-state index contributed by atoms with van der Waals surface area (Å²) in [7, 11) is -4.01. The number of rotatable bonds is 10. The minimum absolute atomic E-state index is 0.0763. The number of benzene rings is 1. The molecule has 59 heavy (non-hydrogen) atoms. The van der Waals surface area contributed by atoms with Crippen LogP contribution in [0.1, 0.15) is 93.4 Å². The minimum Gasteiger partial charge on any atom is -0.475 e. The summed E-state index contributed by atoms with van der Waals surface area (Å²) in [4.78, 5) is 63.0. The average molecular weight is 866 g/mol. The van der Waals surface area contributed by atoms with E-state index in [1.165, 1.54) is 0 Å². The first kappa shape index (κ1) is 44.3. The molecule has 4 amide bonds. The number of carbonyl (C=O) groups is 4. The number of fused-ring (bicyclic) bond motifs is 3. The number of alkyl halides is 2. The second-order valence-electron chi connectivity index (χ2n) is 17.6. The van der Waals surface area contributed by atoms with E-state index < -0.39 is 86.1 Å². The number of pyridine rings is 1. The van der Waals surface area contributed by atoms with Gasteiger partial charge in [-0.15, -0.1) is 0 Å². The van der Waals surface area contributed by atoms with Gasteiger partial charge in [0.05, 0.1) is 17.9 Å². The lowest BCUT2D eigenvalue weighted by atomic mass is 9.84. The number of hydrogen-bond acceptors (Lipinski definition) is 9. The second kappa shape index (κ2) is 16.3. The van der Waals surface area contributed by atoms with Gasteiger partial charge in [-0.1, -0.05) is 43.7 Å². The molecular formula is C41H54ClF2N5O9S. The molecule has 0 radical (unpaired) electrons. The number of nitrogens with zero attached hydrogens (tertiary/aromatic N) is 3. The molecule has 14 nitrogen and oxygen atoms in total. The van der Waals surface area contributed by atoms with Crippen molar-refractivity contribution in [2.24, 2.45) is 17.8 Å². The van der Waals surface area contributed by atoms with E-state index in [1.54, 1.807) is 37.3 Å². The normalized spacial score (nSPS) is 28.2. The number of hydrogen-bond donors (Lipinski definition) is 3. The highest BCUT2D eigenvalue weighted by Crippen LogP contribution is 2.47. The van der Waals surface area contributed by atoms with Crippen molar-refractivity contribution in [2.75, 3.05) is 6.54 Å². The molecule has 3 N–H and O–H groups in total. The zero-order valence-corrected chi connectivity index (χ0v) is 35.9. The van der Waals surface area contributed by atoms with Gasteiger partial charge in [0.2, 0.25) is 33.6 Å². The first-order valence-electron chi connectivity index (χ1n) is 20.1. The zero-order chi connectivity index (χ0) is 43.4. The van der Waals surface area contributed by atoms with Crippen molar-refractivity contribution >= 4 is 56.2 Å². The van der Waals surface area contributed by atoms with Crippen LogP contribution >= 0.6 is 11.6 Å². The maximum Gasteiger partial charge on any atom is 0.408 e. The first-order valence-corrected chi connectivity index (χ1v) is 22.1. The lowest BCUT2D eigenvalue weighted by molar-refractivity contribution is -0.156. The highest BCUT2D eigenvalue weighted by molar-refractivity contribution is 7.91. The van der Waals surface area contributed by atoms with E-state index in [1.807, 2.05) is 26.8 Å². The molecule has 0 unspecified atom stereocenters. The molecule has 0 spiro atoms. The van der Waals surface area contributed by atoms with Crippen LogP contribution in [0.2, 0.25) is 5.02 Å². The van der Waals surface area contributed by atoms with Gasteiger partial charge in [-0.25, -0.2) is 22.0 Å². The van der Waals surface area contributed by atoms with Gasteiger partial charge in [-0.3, -0.25) is 24.0 Å². The van der Waals surface area contributed by atoms with Crippen LogP contribution in [0.3, 0.4) is 0 Å². The molecule has 3 fully saturated rings. The summed E-state index contributed by atoms with van der Waals surface area (Å²) >= 11 is 6.57. The molecule has 2 aromatic rings. The Bertz CT molecular complexity index is 2130. The van der Waals surface area contributed by atoms with Crippen LogP contribution in [-0.2, 0) is 24.4 Å². The summed E-state index contributed by atoms with van der Waals surface area (Å²) in [6.45, 7) is 9.60. The van der Waals surface area contributed by atoms with Gasteiger partial charge in [-0.05, 0) is 90.2 Å². The van der Waals surface area contributed by atoms with E-state index in [9.17, 15) is 27.9 Å². The Morgan fingerprint density at radius 2 is 1.81 bits per heavy atom. The third kappa shape index (κ3) is 9.10. The van der Waals surface area contributed by atoms with Gasteiger partial charge >= 0.3 is 6.09 Å². The van der Waals surface area contributed by atoms with Crippen LogP contribution in [0.4, 0.5) is 13.6 Å². The van der Waals surface area contributed by atoms with Crippen molar-refractivity contribution in [2.45, 2.75) is 140 Å². The Kier molecular flexibility index (Phi) is 12.3. The van der Waals surface area contributed by atoms with E-state index in [2.05, 4.69) is 15.0 Å². The quantitative estimate of drug-likeness (QED) is 0.229. The summed E-state index contributed by atoms with van der Waals surface area (Å²) in [6, 6.07) is 3.68. The predicted molar refractivity (Wildman–Crippen MR) is 216 cm³/mol. The lowest BCUT2D eigenvalue weighted by Gasteiger charge is -2.47. The van der Waals surface area contributed by atoms with E-state index in [-0.39, 0.29) is 49.6 Å². The maximum atomic E-state index is 15.4. The predicted octanol–water partition coefficient (Wildman–Crippen LogP) is 6.30. The van der Waals surface area contributed by atoms with Crippen molar-refractivity contribution in [3.63, 3.8) is 0 Å². The standard InChI is InChI=1S/C41H54ClF2N5O9S/c1-22(2)57-32-19-29-28(13-10-14-30(29)42)35(45-32)58-26-18-31-34(50)46-41(37(52)47-59(55,56)27-15-16-27)20-25(41)12-9-8-11-23(3)17-24(4)33(36(51)48(31)21-26)49(38(53)54)39(5,6)40(7,43)44/h9-10,12-14,19,22-27,31,33H,8,11,15-18,20-21H2,1-7H3,(H,46,50)(H,47,52)(H,53,54)/t23-,24-,25-,26-,31+,33+,41-/m1/s1. The Morgan fingerprint density at radius 1 is 1.12 bits per heavy atom. The molecule has 7 atom stereocenters. The average Bonchev–Trinajstić information content (AvgIpc) is 4.05. The number of halogens is 3. The largest absolute Gasteiger partial charge is 0.475 e. The number of carboxylic acid groups (broad SMARTS) is 1. The van der Waals surface area contributed by atoms with Crippen LogP contribution in [0.25, 0.3) is 10.8 Å². The summed E-state index contributed by atoms with van der Waals surface area (Å²) in [5, 5.41) is 14.2. The molecule has 3 heterocycles. The number of ether oxygens (including phenoxy) is 2. The van der Waals surface area contributed by atoms with Gasteiger partial charge in [0, 0.05) is 41.1 Å². The molecule has 18 heteroatoms. The minimum atomic E-state index is -4.01. The smallest absolute Gasteiger partial charge is 0.408 e. The Hall–Kier alpha value is -4.25.